The molecule has 10 heteroatoms. The summed E-state index contributed by atoms with van der Waals surface area (Å²) in [4.78, 5) is 47.5. The maximum absolute atomic E-state index is 13.4. The lowest BCUT2D eigenvalue weighted by Crippen LogP contribution is -2.41. The number of thiophene rings is 1. The number of nitrogens with one attached hydrogen (secondary N) is 1. The molecule has 1 aromatic carbocycles. The first-order valence-electron chi connectivity index (χ1n) is 12.1. The number of fused-ring (bicyclic) bond motifs is 1. The molecule has 4 heterocycles. The Morgan fingerprint density at radius 1 is 1.17 bits per heavy atom. The molecule has 2 aromatic heterocycles. The Morgan fingerprint density at radius 2 is 1.97 bits per heavy atom. The quantitative estimate of drug-likeness (QED) is 0.479. The summed E-state index contributed by atoms with van der Waals surface area (Å²) in [7, 11) is 1.69. The third-order valence-corrected chi connectivity index (χ3v) is 8.42. The van der Waals surface area contributed by atoms with Gasteiger partial charge in [-0.1, -0.05) is 18.2 Å². The van der Waals surface area contributed by atoms with Crippen molar-refractivity contribution >= 4 is 45.4 Å². The minimum absolute atomic E-state index is 0.0866. The van der Waals surface area contributed by atoms with E-state index in [0.29, 0.717) is 33.6 Å². The van der Waals surface area contributed by atoms with Crippen LogP contribution in [0.25, 0.3) is 0 Å². The van der Waals surface area contributed by atoms with E-state index >= 15 is 0 Å². The zero-order valence-electron chi connectivity index (χ0n) is 20.0. The Kier molecular flexibility index (Phi) is 7.45. The van der Waals surface area contributed by atoms with Crippen LogP contribution in [0.3, 0.4) is 0 Å². The molecule has 0 radical (unpaired) electrons. The third-order valence-electron chi connectivity index (χ3n) is 6.68. The van der Waals surface area contributed by atoms with Crippen LogP contribution in [0.5, 0.6) is 5.75 Å². The molecule has 1 unspecified atom stereocenters. The number of benzene rings is 1. The molecule has 0 aliphatic carbocycles. The van der Waals surface area contributed by atoms with Crippen LogP contribution in [0, 0.1) is 5.92 Å². The van der Waals surface area contributed by atoms with Gasteiger partial charge in [0.05, 0.1) is 10.4 Å². The maximum Gasteiger partial charge on any atom is 0.270 e. The zero-order chi connectivity index (χ0) is 25.1. The van der Waals surface area contributed by atoms with Gasteiger partial charge in [-0.15, -0.1) is 22.7 Å². The fraction of sp³-hybridized carbons (Fsp3) is 0.385. The predicted molar refractivity (Wildman–Crippen MR) is 140 cm³/mol. The molecular formula is C26H28N4O4S2. The topological polar surface area (TPSA) is 91.8 Å². The summed E-state index contributed by atoms with van der Waals surface area (Å²) in [6.45, 7) is 3.10. The van der Waals surface area contributed by atoms with Crippen molar-refractivity contribution in [1.82, 2.24) is 15.2 Å². The highest BCUT2D eigenvalue weighted by Gasteiger charge is 2.36. The number of likely N-dealkylation sites (tertiary alicyclic amines) is 1. The molecule has 2 aliphatic heterocycles. The Balaban J connectivity index is 1.26. The Labute approximate surface area is 217 Å². The number of piperidine rings is 1. The molecule has 8 nitrogen and oxygen atoms in total. The van der Waals surface area contributed by atoms with Crippen LogP contribution >= 0.6 is 22.7 Å². The van der Waals surface area contributed by atoms with E-state index in [0.717, 1.165) is 38.9 Å². The molecule has 0 spiro atoms. The normalized spacial score (nSPS) is 18.0. The van der Waals surface area contributed by atoms with Crippen LogP contribution in [0.15, 0.2) is 47.2 Å². The molecule has 0 bridgehead atoms. The Bertz CT molecular complexity index is 1230. The van der Waals surface area contributed by atoms with Gasteiger partial charge in [-0.3, -0.25) is 19.3 Å². The first kappa shape index (κ1) is 24.6. The molecule has 36 heavy (non-hydrogen) atoms. The van der Waals surface area contributed by atoms with Crippen molar-refractivity contribution in [3.63, 3.8) is 0 Å². The smallest absolute Gasteiger partial charge is 0.270 e. The minimum Gasteiger partial charge on any atom is -0.475 e. The SMILES string of the molecule is CNC(=O)C1CCN(CCCN(C(=O)c2cccs2)c2nc(C3Oc4ccccc4C3=O)cs2)CC1. The number of hydrogen-bond donors (Lipinski definition) is 1. The second-order valence-electron chi connectivity index (χ2n) is 8.93. The van der Waals surface area contributed by atoms with Crippen LogP contribution in [-0.2, 0) is 4.79 Å². The van der Waals surface area contributed by atoms with Crippen molar-refractivity contribution in [2.45, 2.75) is 25.4 Å². The first-order valence-corrected chi connectivity index (χ1v) is 13.9. The number of Topliss-reactive ketones (excluding diaryl/α,β-unsaturated/α-hetero) is 1. The molecule has 2 aliphatic rings. The van der Waals surface area contributed by atoms with E-state index in [1.807, 2.05) is 35.0 Å². The highest BCUT2D eigenvalue weighted by Crippen LogP contribution is 2.38. The van der Waals surface area contributed by atoms with Crippen molar-refractivity contribution in [1.29, 1.82) is 0 Å². The van der Waals surface area contributed by atoms with Gasteiger partial charge in [-0.25, -0.2) is 4.98 Å². The van der Waals surface area contributed by atoms with Crippen molar-refractivity contribution < 1.29 is 19.1 Å². The van der Waals surface area contributed by atoms with Crippen LogP contribution in [0.4, 0.5) is 5.13 Å². The molecule has 3 aromatic rings. The van der Waals surface area contributed by atoms with Gasteiger partial charge >= 0.3 is 0 Å². The summed E-state index contributed by atoms with van der Waals surface area (Å²) in [5, 5.41) is 7.00. The van der Waals surface area contributed by atoms with Crippen LogP contribution in [-0.4, -0.2) is 60.7 Å². The van der Waals surface area contributed by atoms with Gasteiger partial charge in [0.1, 0.15) is 11.4 Å². The first-order chi connectivity index (χ1) is 17.5. The van der Waals surface area contributed by atoms with Gasteiger partial charge in [-0.2, -0.15) is 0 Å². The number of amides is 2. The molecule has 1 saturated heterocycles. The van der Waals surface area contributed by atoms with Gasteiger partial charge < -0.3 is 15.0 Å². The van der Waals surface area contributed by atoms with E-state index < -0.39 is 6.10 Å². The fourth-order valence-electron chi connectivity index (χ4n) is 4.70. The van der Waals surface area contributed by atoms with E-state index in [9.17, 15) is 14.4 Å². The van der Waals surface area contributed by atoms with Crippen LogP contribution in [0.1, 0.15) is 51.1 Å². The highest BCUT2D eigenvalue weighted by atomic mass is 32.1. The largest absolute Gasteiger partial charge is 0.475 e. The monoisotopic (exact) mass is 524 g/mol. The average Bonchev–Trinajstić information content (AvgIpc) is 3.67. The van der Waals surface area contributed by atoms with E-state index in [1.54, 1.807) is 24.1 Å². The summed E-state index contributed by atoms with van der Waals surface area (Å²) >= 11 is 2.75. The fourth-order valence-corrected chi connectivity index (χ4v) is 6.24. The van der Waals surface area contributed by atoms with Crippen LogP contribution < -0.4 is 15.0 Å². The van der Waals surface area contributed by atoms with Gasteiger partial charge in [0.2, 0.25) is 17.8 Å². The van der Waals surface area contributed by atoms with E-state index in [-0.39, 0.29) is 23.5 Å². The summed E-state index contributed by atoms with van der Waals surface area (Å²) in [6, 6.07) is 10.9. The van der Waals surface area contributed by atoms with Gasteiger partial charge in [0.25, 0.3) is 5.91 Å². The molecule has 1 atom stereocenters. The Hall–Kier alpha value is -3.08. The number of carbonyl (C=O) groups is 3. The Morgan fingerprint density at radius 3 is 2.69 bits per heavy atom. The van der Waals surface area contributed by atoms with Gasteiger partial charge in [-0.05, 0) is 62.5 Å². The minimum atomic E-state index is -0.785. The van der Waals surface area contributed by atoms with E-state index in [2.05, 4.69) is 15.2 Å². The highest BCUT2D eigenvalue weighted by molar-refractivity contribution is 7.14. The summed E-state index contributed by atoms with van der Waals surface area (Å²) < 4.78 is 5.88. The predicted octanol–water partition coefficient (Wildman–Crippen LogP) is 4.02. The number of rotatable bonds is 8. The number of thiazole rings is 1. The van der Waals surface area contributed by atoms with Crippen molar-refractivity contribution in [2.75, 3.05) is 38.1 Å². The molecule has 5 rings (SSSR count). The van der Waals surface area contributed by atoms with Crippen molar-refractivity contribution in [2.24, 2.45) is 5.92 Å². The molecular weight excluding hydrogens is 496 g/mol. The van der Waals surface area contributed by atoms with Gasteiger partial charge in [0.15, 0.2) is 5.13 Å². The lowest BCUT2D eigenvalue weighted by Gasteiger charge is -2.31. The number of para-hydroxylation sites is 1. The number of ketones is 1. The zero-order valence-corrected chi connectivity index (χ0v) is 21.6. The second-order valence-corrected chi connectivity index (χ2v) is 10.7. The van der Waals surface area contributed by atoms with Gasteiger partial charge in [0, 0.05) is 24.9 Å². The maximum atomic E-state index is 13.4. The molecule has 1 N–H and O–H groups in total. The standard InChI is InChI=1S/C26H28N4O4S2/c1-27-24(32)17-9-13-29(14-10-17)11-5-12-30(25(33)21-8-4-15-35-21)26-28-19(16-36-26)23-22(31)18-6-2-3-7-20(18)34-23/h2-4,6-8,15-17,23H,5,9-14H2,1H3,(H,27,32). The third kappa shape index (κ3) is 5.07. The number of carbonyl (C=O) groups excluding carboxylic acids is 3. The molecule has 188 valence electrons. The summed E-state index contributed by atoms with van der Waals surface area (Å²) in [5.41, 5.74) is 1.08. The number of anilines is 1. The number of ether oxygens (including phenoxy) is 1. The molecule has 1 fully saturated rings. The lowest BCUT2D eigenvalue weighted by molar-refractivity contribution is -0.125. The second kappa shape index (κ2) is 10.9. The van der Waals surface area contributed by atoms with Crippen molar-refractivity contribution in [3.8, 4) is 5.75 Å². The molecule has 0 saturated carbocycles. The number of aromatic nitrogens is 1. The van der Waals surface area contributed by atoms with Crippen LogP contribution in [0.2, 0.25) is 0 Å². The lowest BCUT2D eigenvalue weighted by atomic mass is 9.96. The summed E-state index contributed by atoms with van der Waals surface area (Å²) in [6.07, 6.45) is 1.70. The van der Waals surface area contributed by atoms with E-state index in [4.69, 9.17) is 4.74 Å². The number of nitrogens with zero attached hydrogens (tertiary/aromatic N) is 3. The average molecular weight is 525 g/mol. The number of hydrogen-bond acceptors (Lipinski definition) is 8. The van der Waals surface area contributed by atoms with Crippen molar-refractivity contribution in [3.05, 3.63) is 63.3 Å². The molecule has 2 amide bonds. The summed E-state index contributed by atoms with van der Waals surface area (Å²) in [5.74, 6) is 0.567. The van der Waals surface area contributed by atoms with E-state index in [1.165, 1.54) is 22.7 Å².